The summed E-state index contributed by atoms with van der Waals surface area (Å²) in [6.45, 7) is 1.92. The number of thioether (sulfide) groups is 1. The van der Waals surface area contributed by atoms with Crippen molar-refractivity contribution in [1.29, 1.82) is 0 Å². The molecule has 0 saturated heterocycles. The Hall–Kier alpha value is -3.63. The van der Waals surface area contributed by atoms with Crippen LogP contribution in [0.5, 0.6) is 5.75 Å². The highest BCUT2D eigenvalue weighted by atomic mass is 32.2. The maximum atomic E-state index is 13.5. The minimum atomic E-state index is -0.519. The lowest BCUT2D eigenvalue weighted by Gasteiger charge is -2.16. The van der Waals surface area contributed by atoms with Gasteiger partial charge in [-0.2, -0.15) is 0 Å². The molecule has 1 amide bonds. The van der Waals surface area contributed by atoms with E-state index in [4.69, 9.17) is 9.47 Å². The summed E-state index contributed by atoms with van der Waals surface area (Å²) in [6, 6.07) is 14.2. The molecule has 2 aromatic carbocycles. The van der Waals surface area contributed by atoms with Gasteiger partial charge in [0.1, 0.15) is 10.6 Å². The van der Waals surface area contributed by atoms with Crippen LogP contribution >= 0.6 is 23.1 Å². The van der Waals surface area contributed by atoms with Gasteiger partial charge in [0.05, 0.1) is 42.3 Å². The predicted molar refractivity (Wildman–Crippen MR) is 134 cm³/mol. The smallest absolute Gasteiger partial charge is 0.350 e. The average molecular weight is 496 g/mol. The Morgan fingerprint density at radius 3 is 2.71 bits per heavy atom. The molecule has 1 N–H and O–H groups in total. The quantitative estimate of drug-likeness (QED) is 0.232. The van der Waals surface area contributed by atoms with Crippen LogP contribution in [0.3, 0.4) is 0 Å². The number of rotatable bonds is 7. The zero-order chi connectivity index (χ0) is 24.2. The van der Waals surface area contributed by atoms with Gasteiger partial charge in [-0.1, -0.05) is 30.0 Å². The first-order valence-corrected chi connectivity index (χ1v) is 12.0. The number of hydrogen-bond donors (Lipinski definition) is 1. The van der Waals surface area contributed by atoms with Crippen LogP contribution in [-0.4, -0.2) is 41.4 Å². The second kappa shape index (κ2) is 10.1. The number of nitrogens with zero attached hydrogens (tertiary/aromatic N) is 2. The lowest BCUT2D eigenvalue weighted by atomic mass is 10.2. The molecule has 10 heteroatoms. The van der Waals surface area contributed by atoms with Gasteiger partial charge in [-0.15, -0.1) is 11.3 Å². The topological polar surface area (TPSA) is 99.5 Å². The molecule has 0 atom stereocenters. The molecular formula is C24H21N3O5S2. The van der Waals surface area contributed by atoms with Crippen LogP contribution in [0.4, 0.5) is 5.69 Å². The van der Waals surface area contributed by atoms with Crippen molar-refractivity contribution in [2.24, 2.45) is 0 Å². The molecule has 0 bridgehead atoms. The Kier molecular flexibility index (Phi) is 6.99. The first kappa shape index (κ1) is 23.5. The van der Waals surface area contributed by atoms with Gasteiger partial charge in [-0.05, 0) is 48.2 Å². The minimum absolute atomic E-state index is 0.0324. The highest BCUT2D eigenvalue weighted by Crippen LogP contribution is 2.29. The number of ether oxygens (including phenoxy) is 2. The molecule has 4 aromatic rings. The zero-order valence-corrected chi connectivity index (χ0v) is 20.3. The molecular weight excluding hydrogens is 474 g/mol. The number of nitrogens with one attached hydrogen (secondary N) is 1. The van der Waals surface area contributed by atoms with Crippen molar-refractivity contribution >= 4 is 51.6 Å². The molecule has 34 heavy (non-hydrogen) atoms. The van der Waals surface area contributed by atoms with E-state index < -0.39 is 5.97 Å². The highest BCUT2D eigenvalue weighted by Gasteiger charge is 2.19. The summed E-state index contributed by atoms with van der Waals surface area (Å²) in [5.74, 6) is -0.389. The third-order valence-corrected chi connectivity index (χ3v) is 6.80. The van der Waals surface area contributed by atoms with E-state index in [0.717, 1.165) is 17.3 Å². The number of para-hydroxylation sites is 1. The molecule has 0 spiro atoms. The summed E-state index contributed by atoms with van der Waals surface area (Å²) in [7, 11) is 2.82. The Morgan fingerprint density at radius 2 is 1.94 bits per heavy atom. The maximum Gasteiger partial charge on any atom is 0.350 e. The van der Waals surface area contributed by atoms with E-state index in [1.54, 1.807) is 41.8 Å². The van der Waals surface area contributed by atoms with E-state index in [2.05, 4.69) is 10.3 Å². The second-order valence-electron chi connectivity index (χ2n) is 7.22. The summed E-state index contributed by atoms with van der Waals surface area (Å²) in [5.41, 5.74) is 2.13. The summed E-state index contributed by atoms with van der Waals surface area (Å²) < 4.78 is 11.7. The van der Waals surface area contributed by atoms with Crippen LogP contribution in [0.1, 0.15) is 15.2 Å². The van der Waals surface area contributed by atoms with Gasteiger partial charge in [0.2, 0.25) is 5.91 Å². The first-order valence-electron chi connectivity index (χ1n) is 10.2. The lowest BCUT2D eigenvalue weighted by molar-refractivity contribution is -0.113. The maximum absolute atomic E-state index is 13.5. The fourth-order valence-corrected chi connectivity index (χ4v) is 4.94. The number of carbonyl (C=O) groups is 2. The zero-order valence-electron chi connectivity index (χ0n) is 18.7. The van der Waals surface area contributed by atoms with E-state index in [0.29, 0.717) is 38.1 Å². The fourth-order valence-electron chi connectivity index (χ4n) is 3.37. The van der Waals surface area contributed by atoms with Crippen molar-refractivity contribution in [3.8, 4) is 11.4 Å². The number of esters is 1. The van der Waals surface area contributed by atoms with Gasteiger partial charge in [-0.3, -0.25) is 14.2 Å². The molecule has 0 unspecified atom stereocenters. The number of anilines is 1. The molecule has 0 aliphatic rings. The van der Waals surface area contributed by atoms with E-state index in [1.165, 1.54) is 30.1 Å². The molecule has 0 aliphatic carbocycles. The van der Waals surface area contributed by atoms with Gasteiger partial charge in [0, 0.05) is 0 Å². The van der Waals surface area contributed by atoms with Gasteiger partial charge in [-0.25, -0.2) is 9.78 Å². The van der Waals surface area contributed by atoms with E-state index in [-0.39, 0.29) is 17.2 Å². The summed E-state index contributed by atoms with van der Waals surface area (Å²) >= 11 is 2.30. The normalized spacial score (nSPS) is 10.8. The van der Waals surface area contributed by atoms with Crippen LogP contribution in [0, 0.1) is 6.92 Å². The number of thiophene rings is 1. The molecule has 4 rings (SSSR count). The third-order valence-electron chi connectivity index (χ3n) is 4.96. The number of amides is 1. The molecule has 2 heterocycles. The van der Waals surface area contributed by atoms with Crippen molar-refractivity contribution in [2.45, 2.75) is 12.1 Å². The summed E-state index contributed by atoms with van der Waals surface area (Å²) in [5, 5.41) is 5.23. The van der Waals surface area contributed by atoms with Gasteiger partial charge in [0.25, 0.3) is 5.56 Å². The Balaban J connectivity index is 1.70. The second-order valence-corrected chi connectivity index (χ2v) is 9.08. The number of aryl methyl sites for hydroxylation is 1. The number of benzene rings is 2. The van der Waals surface area contributed by atoms with Crippen LogP contribution in [-0.2, 0) is 9.53 Å². The van der Waals surface area contributed by atoms with Crippen molar-refractivity contribution in [2.75, 3.05) is 25.3 Å². The molecule has 0 radical (unpaired) electrons. The van der Waals surface area contributed by atoms with Crippen molar-refractivity contribution in [3.63, 3.8) is 0 Å². The van der Waals surface area contributed by atoms with Crippen LogP contribution < -0.4 is 15.6 Å². The summed E-state index contributed by atoms with van der Waals surface area (Å²) in [6.07, 6.45) is 0. The minimum Gasteiger partial charge on any atom is -0.495 e. The Morgan fingerprint density at radius 1 is 1.15 bits per heavy atom. The SMILES string of the molecule is COC(=O)c1sccc1NC(=O)CSc1nc2ccccc2c(=O)n1-c1cc(C)ccc1OC. The van der Waals surface area contributed by atoms with Crippen molar-refractivity contribution in [1.82, 2.24) is 9.55 Å². The molecule has 2 aromatic heterocycles. The lowest BCUT2D eigenvalue weighted by Crippen LogP contribution is -2.23. The standard InChI is InChI=1S/C24H21N3O5S2/c1-14-8-9-19(31-2)18(12-14)27-22(29)15-6-4-5-7-16(15)26-24(27)34-13-20(28)25-17-10-11-33-21(17)23(30)32-3/h4-12H,13H2,1-3H3,(H,25,28). The van der Waals surface area contributed by atoms with Crippen molar-refractivity contribution < 1.29 is 19.1 Å². The van der Waals surface area contributed by atoms with Crippen molar-refractivity contribution in [3.05, 3.63) is 74.7 Å². The number of aromatic nitrogens is 2. The van der Waals surface area contributed by atoms with E-state index >= 15 is 0 Å². The van der Waals surface area contributed by atoms with Gasteiger partial charge in [0.15, 0.2) is 5.16 Å². The molecule has 0 fully saturated rings. The Labute approximate surface area is 203 Å². The molecule has 8 nitrogen and oxygen atoms in total. The number of fused-ring (bicyclic) bond motifs is 1. The first-order chi connectivity index (χ1) is 16.4. The number of carbonyl (C=O) groups excluding carboxylic acids is 2. The molecule has 0 aliphatic heterocycles. The van der Waals surface area contributed by atoms with Crippen LogP contribution in [0.15, 0.2) is 63.9 Å². The third kappa shape index (κ3) is 4.68. The molecule has 174 valence electrons. The number of hydrogen-bond acceptors (Lipinski definition) is 8. The Bertz CT molecular complexity index is 1440. The summed E-state index contributed by atoms with van der Waals surface area (Å²) in [4.78, 5) is 43.0. The predicted octanol–water partition coefficient (Wildman–Crippen LogP) is 4.28. The van der Waals surface area contributed by atoms with E-state index in [1.807, 2.05) is 19.1 Å². The average Bonchev–Trinajstić information content (AvgIpc) is 3.30. The van der Waals surface area contributed by atoms with Crippen LogP contribution in [0.2, 0.25) is 0 Å². The largest absolute Gasteiger partial charge is 0.495 e. The van der Waals surface area contributed by atoms with Gasteiger partial charge >= 0.3 is 5.97 Å². The monoisotopic (exact) mass is 495 g/mol. The van der Waals surface area contributed by atoms with Gasteiger partial charge < -0.3 is 14.8 Å². The van der Waals surface area contributed by atoms with E-state index in [9.17, 15) is 14.4 Å². The van der Waals surface area contributed by atoms with Crippen LogP contribution in [0.25, 0.3) is 16.6 Å². The number of methoxy groups -OCH3 is 2. The fraction of sp³-hybridized carbons (Fsp3) is 0.167. The highest BCUT2D eigenvalue weighted by molar-refractivity contribution is 7.99. The molecule has 0 saturated carbocycles.